The van der Waals surface area contributed by atoms with E-state index in [4.69, 9.17) is 10.5 Å². The van der Waals surface area contributed by atoms with E-state index in [1.165, 1.54) is 18.5 Å². The van der Waals surface area contributed by atoms with E-state index < -0.39 is 4.92 Å². The van der Waals surface area contributed by atoms with Gasteiger partial charge < -0.3 is 15.5 Å². The van der Waals surface area contributed by atoms with Gasteiger partial charge in [0, 0.05) is 6.07 Å². The smallest absolute Gasteiger partial charge is 0.311 e. The highest BCUT2D eigenvalue weighted by Crippen LogP contribution is 2.32. The molecule has 0 unspecified atom stereocenters. The van der Waals surface area contributed by atoms with Crippen molar-refractivity contribution in [3.05, 3.63) is 40.7 Å². The molecule has 0 saturated heterocycles. The lowest BCUT2D eigenvalue weighted by atomic mass is 10.3. The molecule has 0 aliphatic rings. The third-order valence-corrected chi connectivity index (χ3v) is 2.53. The molecular formula is C11H8N6O3. The summed E-state index contributed by atoms with van der Waals surface area (Å²) >= 11 is 0. The van der Waals surface area contributed by atoms with E-state index in [0.717, 1.165) is 0 Å². The van der Waals surface area contributed by atoms with Crippen molar-refractivity contribution in [3.8, 4) is 11.6 Å². The van der Waals surface area contributed by atoms with Gasteiger partial charge in [-0.25, -0.2) is 4.98 Å². The highest BCUT2D eigenvalue weighted by atomic mass is 16.6. The topological polar surface area (TPSA) is 133 Å². The largest absolute Gasteiger partial charge is 0.429 e. The number of aromatic nitrogens is 4. The van der Waals surface area contributed by atoms with Crippen LogP contribution in [0.2, 0.25) is 0 Å². The Bertz CT molecular complexity index is 800. The number of anilines is 1. The molecule has 0 fully saturated rings. The number of rotatable bonds is 3. The highest BCUT2D eigenvalue weighted by molar-refractivity contribution is 5.77. The molecule has 9 nitrogen and oxygen atoms in total. The van der Waals surface area contributed by atoms with Gasteiger partial charge in [-0.2, -0.15) is 9.97 Å². The van der Waals surface area contributed by atoms with Crippen LogP contribution in [0, 0.1) is 10.1 Å². The summed E-state index contributed by atoms with van der Waals surface area (Å²) < 4.78 is 5.47. The predicted molar refractivity (Wildman–Crippen MR) is 69.3 cm³/mol. The number of nitrogens with two attached hydrogens (primary N) is 1. The molecule has 0 aliphatic carbocycles. The molecule has 3 N–H and O–H groups in total. The Balaban J connectivity index is 2.10. The summed E-state index contributed by atoms with van der Waals surface area (Å²) in [6.45, 7) is 0. The van der Waals surface area contributed by atoms with Crippen LogP contribution in [0.5, 0.6) is 11.6 Å². The molecule has 0 atom stereocenters. The van der Waals surface area contributed by atoms with Crippen LogP contribution >= 0.6 is 0 Å². The molecule has 3 aromatic rings. The number of ether oxygens (including phenoxy) is 1. The number of nitrogen functional groups attached to an aromatic ring is 1. The normalized spacial score (nSPS) is 10.6. The molecule has 0 spiro atoms. The number of benzene rings is 1. The predicted octanol–water partition coefficient (Wildman–Crippen LogP) is 1.64. The van der Waals surface area contributed by atoms with Gasteiger partial charge in [0.15, 0.2) is 11.2 Å². The minimum Gasteiger partial charge on any atom is -0.429 e. The molecule has 0 aliphatic heterocycles. The van der Waals surface area contributed by atoms with Crippen molar-refractivity contribution >= 4 is 22.8 Å². The van der Waals surface area contributed by atoms with E-state index in [2.05, 4.69) is 19.9 Å². The molecule has 1 aromatic carbocycles. The van der Waals surface area contributed by atoms with Crippen molar-refractivity contribution in [3.63, 3.8) is 0 Å². The summed E-state index contributed by atoms with van der Waals surface area (Å²) in [6.07, 6.45) is 1.41. The summed E-state index contributed by atoms with van der Waals surface area (Å²) in [4.78, 5) is 25.0. The van der Waals surface area contributed by atoms with Gasteiger partial charge >= 0.3 is 5.69 Å². The van der Waals surface area contributed by atoms with Crippen molar-refractivity contribution < 1.29 is 9.66 Å². The van der Waals surface area contributed by atoms with Crippen molar-refractivity contribution in [2.24, 2.45) is 0 Å². The van der Waals surface area contributed by atoms with Crippen molar-refractivity contribution in [2.45, 2.75) is 0 Å². The molecule has 0 radical (unpaired) electrons. The Morgan fingerprint density at radius 1 is 1.30 bits per heavy atom. The number of aromatic amines is 1. The SMILES string of the molecule is Nc1nc(Oc2ccccc2[N+](=O)[O-])c2nc[nH]c2n1. The van der Waals surface area contributed by atoms with Gasteiger partial charge in [0.2, 0.25) is 11.7 Å². The lowest BCUT2D eigenvalue weighted by Gasteiger charge is -2.05. The van der Waals surface area contributed by atoms with E-state index in [-0.39, 0.29) is 23.3 Å². The van der Waals surface area contributed by atoms with Gasteiger partial charge in [-0.05, 0) is 6.07 Å². The van der Waals surface area contributed by atoms with Crippen LogP contribution in [-0.2, 0) is 0 Å². The Morgan fingerprint density at radius 3 is 2.90 bits per heavy atom. The van der Waals surface area contributed by atoms with Crippen LogP contribution in [0.15, 0.2) is 30.6 Å². The summed E-state index contributed by atoms with van der Waals surface area (Å²) in [7, 11) is 0. The second kappa shape index (κ2) is 4.46. The zero-order valence-corrected chi connectivity index (χ0v) is 9.98. The molecule has 0 saturated carbocycles. The first-order chi connectivity index (χ1) is 9.65. The molecule has 2 heterocycles. The average molecular weight is 272 g/mol. The number of nitro groups is 1. The summed E-state index contributed by atoms with van der Waals surface area (Å²) in [5.74, 6) is 0.0956. The van der Waals surface area contributed by atoms with E-state index >= 15 is 0 Å². The highest BCUT2D eigenvalue weighted by Gasteiger charge is 2.18. The zero-order chi connectivity index (χ0) is 14.1. The van der Waals surface area contributed by atoms with Gasteiger partial charge in [-0.3, -0.25) is 10.1 Å². The fourth-order valence-electron chi connectivity index (χ4n) is 1.70. The second-order valence-corrected chi connectivity index (χ2v) is 3.81. The maximum Gasteiger partial charge on any atom is 0.311 e. The number of para-hydroxylation sites is 2. The zero-order valence-electron chi connectivity index (χ0n) is 9.98. The lowest BCUT2D eigenvalue weighted by molar-refractivity contribution is -0.385. The summed E-state index contributed by atoms with van der Waals surface area (Å²) in [5.41, 5.74) is 6.12. The Morgan fingerprint density at radius 2 is 2.10 bits per heavy atom. The van der Waals surface area contributed by atoms with Crippen molar-refractivity contribution in [2.75, 3.05) is 5.73 Å². The first-order valence-electron chi connectivity index (χ1n) is 5.53. The van der Waals surface area contributed by atoms with E-state index in [1.807, 2.05) is 0 Å². The Kier molecular flexibility index (Phi) is 2.64. The lowest BCUT2D eigenvalue weighted by Crippen LogP contribution is -2.00. The van der Waals surface area contributed by atoms with Gasteiger partial charge in [-0.15, -0.1) is 0 Å². The Hall–Kier alpha value is -3.23. The summed E-state index contributed by atoms with van der Waals surface area (Å²) in [6, 6.07) is 5.97. The van der Waals surface area contributed by atoms with E-state index in [0.29, 0.717) is 11.2 Å². The molecule has 9 heteroatoms. The van der Waals surface area contributed by atoms with Crippen molar-refractivity contribution in [1.29, 1.82) is 0 Å². The number of fused-ring (bicyclic) bond motifs is 1. The Labute approximate surface area is 111 Å². The quantitative estimate of drug-likeness (QED) is 0.546. The second-order valence-electron chi connectivity index (χ2n) is 3.81. The number of hydrogen-bond acceptors (Lipinski definition) is 7. The number of hydrogen-bond donors (Lipinski definition) is 2. The molecule has 3 rings (SSSR count). The van der Waals surface area contributed by atoms with Crippen LogP contribution in [0.3, 0.4) is 0 Å². The maximum atomic E-state index is 10.9. The molecular weight excluding hydrogens is 264 g/mol. The molecule has 100 valence electrons. The number of imidazole rings is 1. The minimum atomic E-state index is -0.540. The fraction of sp³-hybridized carbons (Fsp3) is 0. The van der Waals surface area contributed by atoms with Crippen LogP contribution in [0.1, 0.15) is 0 Å². The van der Waals surface area contributed by atoms with Crippen LogP contribution < -0.4 is 10.5 Å². The monoisotopic (exact) mass is 272 g/mol. The standard InChI is InChI=1S/C11H8N6O3/c12-11-15-9-8(13-5-14-9)10(16-11)20-7-4-2-1-3-6(7)17(18)19/h1-5H,(H3,12,13,14,15,16). The average Bonchev–Trinajstić information content (AvgIpc) is 2.87. The van der Waals surface area contributed by atoms with E-state index in [9.17, 15) is 10.1 Å². The molecule has 0 amide bonds. The first kappa shape index (κ1) is 11.8. The molecule has 20 heavy (non-hydrogen) atoms. The number of nitrogens with one attached hydrogen (secondary N) is 1. The van der Waals surface area contributed by atoms with Crippen LogP contribution in [-0.4, -0.2) is 24.9 Å². The fourth-order valence-corrected chi connectivity index (χ4v) is 1.70. The number of nitro benzene ring substituents is 1. The number of nitrogens with zero attached hydrogens (tertiary/aromatic N) is 4. The maximum absolute atomic E-state index is 10.9. The van der Waals surface area contributed by atoms with Crippen LogP contribution in [0.25, 0.3) is 11.2 Å². The van der Waals surface area contributed by atoms with Crippen molar-refractivity contribution in [1.82, 2.24) is 19.9 Å². The third kappa shape index (κ3) is 1.96. The van der Waals surface area contributed by atoms with Gasteiger partial charge in [0.25, 0.3) is 5.88 Å². The molecule has 2 aromatic heterocycles. The van der Waals surface area contributed by atoms with Crippen LogP contribution in [0.4, 0.5) is 11.6 Å². The third-order valence-electron chi connectivity index (χ3n) is 2.53. The first-order valence-corrected chi connectivity index (χ1v) is 5.53. The summed E-state index contributed by atoms with van der Waals surface area (Å²) in [5, 5.41) is 10.9. The van der Waals surface area contributed by atoms with Gasteiger partial charge in [-0.1, -0.05) is 12.1 Å². The van der Waals surface area contributed by atoms with Gasteiger partial charge in [0.05, 0.1) is 11.3 Å². The number of H-pyrrole nitrogens is 1. The van der Waals surface area contributed by atoms with E-state index in [1.54, 1.807) is 12.1 Å². The molecule has 0 bridgehead atoms. The van der Waals surface area contributed by atoms with Gasteiger partial charge in [0.1, 0.15) is 0 Å². The minimum absolute atomic E-state index is 0.0182.